The highest BCUT2D eigenvalue weighted by Gasteiger charge is 2.68. The molecule has 1 N–H and O–H groups in total. The van der Waals surface area contributed by atoms with Crippen molar-refractivity contribution >= 4 is 23.5 Å². The molecule has 2 heterocycles. The first-order valence-electron chi connectivity index (χ1n) is 11.3. The zero-order chi connectivity index (χ0) is 23.0. The number of ether oxygens (including phenoxy) is 1. The normalized spacial score (nSPS) is 27.0. The first-order valence-corrected chi connectivity index (χ1v) is 11.3. The molecule has 0 aliphatic carbocycles. The number of carbonyl (C=O) groups excluding carboxylic acids is 3. The Morgan fingerprint density at radius 1 is 0.969 bits per heavy atom. The molecule has 32 heavy (non-hydrogen) atoms. The molecule has 0 bridgehead atoms. The van der Waals surface area contributed by atoms with Crippen molar-refractivity contribution < 1.29 is 19.1 Å². The summed E-state index contributed by atoms with van der Waals surface area (Å²) in [7, 11) is 0. The van der Waals surface area contributed by atoms with E-state index in [1.54, 1.807) is 19.1 Å². The third kappa shape index (κ3) is 3.43. The van der Waals surface area contributed by atoms with Crippen LogP contribution in [0.25, 0.3) is 0 Å². The molecule has 0 aromatic heterocycles. The number of imide groups is 1. The average molecular weight is 435 g/mol. The van der Waals surface area contributed by atoms with E-state index in [9.17, 15) is 14.4 Å². The van der Waals surface area contributed by atoms with E-state index < -0.39 is 29.4 Å². The second-order valence-electron chi connectivity index (χ2n) is 8.83. The summed E-state index contributed by atoms with van der Waals surface area (Å²) in [6, 6.07) is 14.8. The Kier molecular flexibility index (Phi) is 5.91. The number of fused-ring (bicyclic) bond motifs is 1. The summed E-state index contributed by atoms with van der Waals surface area (Å²) >= 11 is 0. The highest BCUT2D eigenvalue weighted by molar-refractivity contribution is 6.24. The first-order chi connectivity index (χ1) is 15.3. The van der Waals surface area contributed by atoms with E-state index >= 15 is 0 Å². The molecule has 0 saturated carbocycles. The number of anilines is 1. The summed E-state index contributed by atoms with van der Waals surface area (Å²) in [4.78, 5) is 42.1. The van der Waals surface area contributed by atoms with Crippen molar-refractivity contribution in [2.45, 2.75) is 52.1 Å². The Morgan fingerprint density at radius 2 is 1.56 bits per heavy atom. The van der Waals surface area contributed by atoms with Crippen LogP contribution in [0.2, 0.25) is 0 Å². The Labute approximate surface area is 188 Å². The highest BCUT2D eigenvalue weighted by Crippen LogP contribution is 2.51. The van der Waals surface area contributed by atoms with Crippen molar-refractivity contribution in [2.75, 3.05) is 11.5 Å². The molecule has 6 heteroatoms. The Balaban J connectivity index is 1.85. The molecule has 0 unspecified atom stereocenters. The fourth-order valence-corrected chi connectivity index (χ4v) is 5.18. The Morgan fingerprint density at radius 3 is 2.12 bits per heavy atom. The van der Waals surface area contributed by atoms with Crippen molar-refractivity contribution in [1.82, 2.24) is 5.32 Å². The fourth-order valence-electron chi connectivity index (χ4n) is 5.18. The average Bonchev–Trinajstić information content (AvgIpc) is 3.25. The molecular weight excluding hydrogens is 404 g/mol. The molecule has 2 amide bonds. The van der Waals surface area contributed by atoms with Crippen molar-refractivity contribution in [2.24, 2.45) is 11.8 Å². The van der Waals surface area contributed by atoms with Crippen molar-refractivity contribution in [3.63, 3.8) is 0 Å². The Bertz CT molecular complexity index is 1030. The zero-order valence-electron chi connectivity index (χ0n) is 19.1. The van der Waals surface area contributed by atoms with Gasteiger partial charge in [-0.3, -0.25) is 19.7 Å². The quantitative estimate of drug-likeness (QED) is 0.552. The number of nitrogens with zero attached hydrogens (tertiary/aromatic N) is 1. The van der Waals surface area contributed by atoms with Gasteiger partial charge >= 0.3 is 5.97 Å². The van der Waals surface area contributed by atoms with E-state index in [0.717, 1.165) is 16.7 Å². The SMILES string of the molecule is CCC[C@]1(C(=O)OCC)N[C@H](c2ccc(C)cc2)[C@H]2C(=O)N(c3ccc(C)cc3)C(=O)[C@H]21. The summed E-state index contributed by atoms with van der Waals surface area (Å²) in [5, 5.41) is 3.43. The van der Waals surface area contributed by atoms with Gasteiger partial charge in [-0.25, -0.2) is 4.90 Å². The van der Waals surface area contributed by atoms with Crippen LogP contribution in [0.1, 0.15) is 49.4 Å². The lowest BCUT2D eigenvalue weighted by Crippen LogP contribution is -2.56. The van der Waals surface area contributed by atoms with Crippen molar-refractivity contribution in [3.8, 4) is 0 Å². The summed E-state index contributed by atoms with van der Waals surface area (Å²) in [6.07, 6.45) is 1.08. The maximum Gasteiger partial charge on any atom is 0.327 e. The number of aryl methyl sites for hydroxylation is 2. The topological polar surface area (TPSA) is 75.7 Å². The molecule has 2 aliphatic rings. The molecule has 4 rings (SSSR count). The number of carbonyl (C=O) groups is 3. The van der Waals surface area contributed by atoms with E-state index in [4.69, 9.17) is 4.74 Å². The predicted octanol–water partition coefficient (Wildman–Crippen LogP) is 3.86. The van der Waals surface area contributed by atoms with E-state index in [-0.39, 0.29) is 18.4 Å². The van der Waals surface area contributed by atoms with Gasteiger partial charge in [-0.1, -0.05) is 60.9 Å². The van der Waals surface area contributed by atoms with Crippen LogP contribution in [0.15, 0.2) is 48.5 Å². The van der Waals surface area contributed by atoms with Crippen molar-refractivity contribution in [3.05, 3.63) is 65.2 Å². The lowest BCUT2D eigenvalue weighted by atomic mass is 9.77. The van der Waals surface area contributed by atoms with E-state index in [2.05, 4.69) is 5.32 Å². The van der Waals surface area contributed by atoms with Crippen LogP contribution >= 0.6 is 0 Å². The largest absolute Gasteiger partial charge is 0.465 e. The molecule has 168 valence electrons. The summed E-state index contributed by atoms with van der Waals surface area (Å²) in [5.74, 6) is -2.57. The van der Waals surface area contributed by atoms with Crippen LogP contribution in [0.4, 0.5) is 5.69 Å². The van der Waals surface area contributed by atoms with Crippen LogP contribution in [-0.2, 0) is 19.1 Å². The Hall–Kier alpha value is -2.99. The zero-order valence-corrected chi connectivity index (χ0v) is 19.1. The minimum absolute atomic E-state index is 0.211. The second kappa shape index (κ2) is 8.51. The van der Waals surface area contributed by atoms with Gasteiger partial charge in [0.05, 0.1) is 24.1 Å². The summed E-state index contributed by atoms with van der Waals surface area (Å²) in [6.45, 7) is 7.88. The highest BCUT2D eigenvalue weighted by atomic mass is 16.5. The third-order valence-electron chi connectivity index (χ3n) is 6.67. The minimum Gasteiger partial charge on any atom is -0.465 e. The molecule has 2 aromatic rings. The molecule has 2 aliphatic heterocycles. The number of rotatable bonds is 6. The van der Waals surface area contributed by atoms with Crippen LogP contribution in [0.5, 0.6) is 0 Å². The van der Waals surface area contributed by atoms with Gasteiger partial charge in [0.15, 0.2) is 0 Å². The molecule has 2 saturated heterocycles. The van der Waals surface area contributed by atoms with Gasteiger partial charge in [-0.05, 0) is 44.9 Å². The first kappa shape index (κ1) is 22.2. The summed E-state index contributed by atoms with van der Waals surface area (Å²) < 4.78 is 5.45. The molecule has 0 radical (unpaired) electrons. The molecule has 0 spiro atoms. The van der Waals surface area contributed by atoms with Gasteiger partial charge in [0.2, 0.25) is 11.8 Å². The molecule has 6 nitrogen and oxygen atoms in total. The minimum atomic E-state index is -1.24. The van der Waals surface area contributed by atoms with Gasteiger partial charge in [0, 0.05) is 6.04 Å². The monoisotopic (exact) mass is 434 g/mol. The van der Waals surface area contributed by atoms with Crippen molar-refractivity contribution in [1.29, 1.82) is 0 Å². The molecule has 2 aromatic carbocycles. The maximum absolute atomic E-state index is 13.8. The molecule has 4 atom stereocenters. The number of amides is 2. The predicted molar refractivity (Wildman–Crippen MR) is 122 cm³/mol. The number of hydrogen-bond donors (Lipinski definition) is 1. The van der Waals surface area contributed by atoms with E-state index in [1.807, 2.05) is 57.2 Å². The fraction of sp³-hybridized carbons (Fsp3) is 0.423. The number of nitrogens with one attached hydrogen (secondary N) is 1. The number of esters is 1. The van der Waals surface area contributed by atoms with Gasteiger partial charge in [-0.15, -0.1) is 0 Å². The van der Waals surface area contributed by atoms with Gasteiger partial charge in [-0.2, -0.15) is 0 Å². The summed E-state index contributed by atoms with van der Waals surface area (Å²) in [5.41, 5.74) is 2.33. The molecular formula is C26H30N2O4. The lowest BCUT2D eigenvalue weighted by Gasteiger charge is -2.32. The molecule has 2 fully saturated rings. The van der Waals surface area contributed by atoms with Crippen LogP contribution in [0, 0.1) is 25.7 Å². The smallest absolute Gasteiger partial charge is 0.327 e. The lowest BCUT2D eigenvalue weighted by molar-refractivity contribution is -0.155. The standard InChI is InChI=1S/C26H30N2O4/c1-5-15-26(25(31)32-6-2)21-20(22(27-26)18-11-7-16(3)8-12-18)23(29)28(24(21)30)19-13-9-17(4)10-14-19/h7-14,20-22,27H,5-6,15H2,1-4H3/t20-,21-,22+,26-/m0/s1. The third-order valence-corrected chi connectivity index (χ3v) is 6.67. The second-order valence-corrected chi connectivity index (χ2v) is 8.83. The number of benzene rings is 2. The maximum atomic E-state index is 13.8. The number of hydrogen-bond acceptors (Lipinski definition) is 5. The van der Waals surface area contributed by atoms with Crippen LogP contribution < -0.4 is 10.2 Å². The van der Waals surface area contributed by atoms with Gasteiger partial charge < -0.3 is 4.74 Å². The van der Waals surface area contributed by atoms with Gasteiger partial charge in [0.1, 0.15) is 5.54 Å². The van der Waals surface area contributed by atoms with Crippen LogP contribution in [0.3, 0.4) is 0 Å². The van der Waals surface area contributed by atoms with E-state index in [0.29, 0.717) is 18.5 Å². The van der Waals surface area contributed by atoms with Crippen LogP contribution in [-0.4, -0.2) is 29.9 Å². The van der Waals surface area contributed by atoms with Gasteiger partial charge in [0.25, 0.3) is 0 Å². The van der Waals surface area contributed by atoms with E-state index in [1.165, 1.54) is 4.90 Å².